The third kappa shape index (κ3) is 4.68. The highest BCUT2D eigenvalue weighted by Crippen LogP contribution is 2.35. The third-order valence-corrected chi connectivity index (χ3v) is 7.70. The molecule has 4 aromatic rings. The largest absolute Gasteiger partial charge is 0.338 e. The lowest BCUT2D eigenvalue weighted by Crippen LogP contribution is -2.34. The molecule has 0 spiro atoms. The molecule has 0 radical (unpaired) electrons. The molecule has 3 aromatic heterocycles. The van der Waals surface area contributed by atoms with Crippen molar-refractivity contribution in [3.63, 3.8) is 0 Å². The van der Waals surface area contributed by atoms with Crippen LogP contribution in [0.1, 0.15) is 68.9 Å². The Morgan fingerprint density at radius 2 is 1.92 bits per heavy atom. The number of hydrogen-bond acceptors (Lipinski definition) is 8. The fourth-order valence-corrected chi connectivity index (χ4v) is 5.58. The van der Waals surface area contributed by atoms with E-state index in [-0.39, 0.29) is 34.9 Å². The standard InChI is InChI=1S/C27H30F2N8O2/c1-16(2)24-33-27(39-34-24)35-10-7-18(8-11-35)37-13-20(29)23-25(30-14-31-26(23)37)32-21-6-5-17(12-19(21)28)22-4-3-9-36(22)15-38/h5-6,12-16,18,22H,3-4,7-11H2,1-2H3,(H,30,31,32). The van der Waals surface area contributed by atoms with Crippen molar-refractivity contribution in [2.24, 2.45) is 0 Å². The fourth-order valence-electron chi connectivity index (χ4n) is 5.58. The lowest BCUT2D eigenvalue weighted by molar-refractivity contribution is -0.118. The molecular weight excluding hydrogens is 506 g/mol. The van der Waals surface area contributed by atoms with Crippen molar-refractivity contribution in [2.45, 2.75) is 57.5 Å². The van der Waals surface area contributed by atoms with Gasteiger partial charge in [0.2, 0.25) is 6.41 Å². The number of halogens is 2. The van der Waals surface area contributed by atoms with E-state index in [1.54, 1.807) is 17.0 Å². The molecule has 2 fully saturated rings. The summed E-state index contributed by atoms with van der Waals surface area (Å²) in [5.74, 6) is 0.0884. The maximum absolute atomic E-state index is 15.3. The Morgan fingerprint density at radius 3 is 2.64 bits per heavy atom. The highest BCUT2D eigenvalue weighted by molar-refractivity contribution is 5.90. The van der Waals surface area contributed by atoms with Crippen LogP contribution in [-0.2, 0) is 4.79 Å². The van der Waals surface area contributed by atoms with Crippen LogP contribution < -0.4 is 10.2 Å². The van der Waals surface area contributed by atoms with Gasteiger partial charge in [-0.2, -0.15) is 4.98 Å². The number of nitrogens with zero attached hydrogens (tertiary/aromatic N) is 7. The Labute approximate surface area is 224 Å². The molecule has 2 aliphatic heterocycles. The van der Waals surface area contributed by atoms with Gasteiger partial charge in [0.15, 0.2) is 11.6 Å². The van der Waals surface area contributed by atoms with Crippen molar-refractivity contribution in [3.8, 4) is 0 Å². The number of likely N-dealkylation sites (tertiary alicyclic amines) is 1. The van der Waals surface area contributed by atoms with E-state index >= 15 is 8.78 Å². The molecule has 0 bridgehead atoms. The summed E-state index contributed by atoms with van der Waals surface area (Å²) >= 11 is 0. The fraction of sp³-hybridized carbons (Fsp3) is 0.444. The maximum atomic E-state index is 15.3. The van der Waals surface area contributed by atoms with E-state index in [4.69, 9.17) is 4.52 Å². The first kappa shape index (κ1) is 25.2. The molecule has 1 aromatic carbocycles. The second kappa shape index (κ2) is 10.2. The molecule has 0 saturated carbocycles. The summed E-state index contributed by atoms with van der Waals surface area (Å²) in [7, 11) is 0. The minimum atomic E-state index is -0.495. The van der Waals surface area contributed by atoms with Gasteiger partial charge >= 0.3 is 6.01 Å². The van der Waals surface area contributed by atoms with Crippen LogP contribution in [0.2, 0.25) is 0 Å². The Bertz CT molecular complexity index is 1490. The Morgan fingerprint density at radius 1 is 1.10 bits per heavy atom. The Kier molecular flexibility index (Phi) is 6.61. The zero-order valence-corrected chi connectivity index (χ0v) is 21.8. The molecule has 1 unspecified atom stereocenters. The SMILES string of the molecule is CC(C)c1noc(N2CCC(n3cc(F)c4c(Nc5ccc(C6CCCN6C=O)cc5F)ncnc43)CC2)n1. The van der Waals surface area contributed by atoms with Gasteiger partial charge in [-0.3, -0.25) is 4.79 Å². The predicted octanol–water partition coefficient (Wildman–Crippen LogP) is 5.09. The number of nitrogens with one attached hydrogen (secondary N) is 1. The molecule has 2 saturated heterocycles. The number of anilines is 3. The van der Waals surface area contributed by atoms with Crippen LogP contribution in [0.4, 0.5) is 26.3 Å². The minimum Gasteiger partial charge on any atom is -0.338 e. The number of piperidine rings is 1. The predicted molar refractivity (Wildman–Crippen MR) is 141 cm³/mol. The summed E-state index contributed by atoms with van der Waals surface area (Å²) in [6, 6.07) is 5.22. The van der Waals surface area contributed by atoms with Gasteiger partial charge in [-0.1, -0.05) is 25.1 Å². The summed E-state index contributed by atoms with van der Waals surface area (Å²) in [5.41, 5.74) is 1.36. The zero-order valence-electron chi connectivity index (χ0n) is 21.8. The van der Waals surface area contributed by atoms with Crippen molar-refractivity contribution in [1.82, 2.24) is 29.6 Å². The normalized spacial score (nSPS) is 18.4. The van der Waals surface area contributed by atoms with Crippen LogP contribution in [0.5, 0.6) is 0 Å². The van der Waals surface area contributed by atoms with E-state index in [0.29, 0.717) is 37.1 Å². The second-order valence-corrected chi connectivity index (χ2v) is 10.5. The molecule has 1 N–H and O–H groups in total. The van der Waals surface area contributed by atoms with Gasteiger partial charge in [0.05, 0.1) is 17.1 Å². The Balaban J connectivity index is 1.21. The number of aromatic nitrogens is 5. The van der Waals surface area contributed by atoms with Crippen LogP contribution in [0.25, 0.3) is 11.0 Å². The summed E-state index contributed by atoms with van der Waals surface area (Å²) < 4.78 is 37.7. The minimum absolute atomic E-state index is 0.0201. The number of fused-ring (bicyclic) bond motifs is 1. The summed E-state index contributed by atoms with van der Waals surface area (Å²) in [4.78, 5) is 28.1. The third-order valence-electron chi connectivity index (χ3n) is 7.70. The summed E-state index contributed by atoms with van der Waals surface area (Å²) in [5, 5.41) is 7.21. The molecule has 5 heterocycles. The topological polar surface area (TPSA) is 105 Å². The van der Waals surface area contributed by atoms with Gasteiger partial charge in [0.1, 0.15) is 23.6 Å². The number of benzene rings is 1. The quantitative estimate of drug-likeness (QED) is 0.326. The first-order chi connectivity index (χ1) is 18.9. The monoisotopic (exact) mass is 536 g/mol. The van der Waals surface area contributed by atoms with Crippen LogP contribution in [-0.4, -0.2) is 55.6 Å². The number of hydrogen-bond donors (Lipinski definition) is 1. The molecule has 39 heavy (non-hydrogen) atoms. The van der Waals surface area contributed by atoms with Crippen LogP contribution in [0, 0.1) is 11.6 Å². The van der Waals surface area contributed by atoms with E-state index in [9.17, 15) is 4.79 Å². The molecule has 0 aliphatic carbocycles. The number of carbonyl (C=O) groups excluding carboxylic acids is 1. The Hall–Kier alpha value is -4.09. The average molecular weight is 537 g/mol. The van der Waals surface area contributed by atoms with Crippen molar-refractivity contribution >= 4 is 35.0 Å². The molecule has 12 heteroatoms. The van der Waals surface area contributed by atoms with Crippen molar-refractivity contribution in [1.29, 1.82) is 0 Å². The molecule has 10 nitrogen and oxygen atoms in total. The van der Waals surface area contributed by atoms with E-state index in [0.717, 1.165) is 37.7 Å². The van der Waals surface area contributed by atoms with E-state index in [1.807, 2.05) is 23.3 Å². The van der Waals surface area contributed by atoms with Crippen LogP contribution >= 0.6 is 0 Å². The van der Waals surface area contributed by atoms with Gasteiger partial charge in [-0.25, -0.2) is 18.7 Å². The van der Waals surface area contributed by atoms with Gasteiger partial charge in [0, 0.05) is 37.8 Å². The lowest BCUT2D eigenvalue weighted by atomic mass is 10.0. The van der Waals surface area contributed by atoms with Crippen LogP contribution in [0.3, 0.4) is 0 Å². The lowest BCUT2D eigenvalue weighted by Gasteiger charge is -2.31. The van der Waals surface area contributed by atoms with Crippen molar-refractivity contribution in [2.75, 3.05) is 29.9 Å². The van der Waals surface area contributed by atoms with Gasteiger partial charge < -0.3 is 24.2 Å². The van der Waals surface area contributed by atoms with Gasteiger partial charge in [-0.15, -0.1) is 0 Å². The molecule has 204 valence electrons. The zero-order chi connectivity index (χ0) is 27.1. The molecule has 6 rings (SSSR count). The van der Waals surface area contributed by atoms with E-state index in [2.05, 4.69) is 25.4 Å². The highest BCUT2D eigenvalue weighted by atomic mass is 19.1. The van der Waals surface area contributed by atoms with Crippen molar-refractivity contribution < 1.29 is 18.1 Å². The highest BCUT2D eigenvalue weighted by Gasteiger charge is 2.28. The average Bonchev–Trinajstić information content (AvgIpc) is 3.69. The number of carbonyl (C=O) groups is 1. The maximum Gasteiger partial charge on any atom is 0.324 e. The first-order valence-electron chi connectivity index (χ1n) is 13.3. The second-order valence-electron chi connectivity index (χ2n) is 10.5. The molecule has 2 aliphatic rings. The molecular formula is C27H30F2N8O2. The van der Waals surface area contributed by atoms with Crippen LogP contribution in [0.15, 0.2) is 35.2 Å². The van der Waals surface area contributed by atoms with E-state index < -0.39 is 11.6 Å². The van der Waals surface area contributed by atoms with Gasteiger partial charge in [-0.05, 0) is 43.4 Å². The summed E-state index contributed by atoms with van der Waals surface area (Å²) in [6.07, 6.45) is 6.77. The number of rotatable bonds is 7. The van der Waals surface area contributed by atoms with E-state index in [1.165, 1.54) is 18.6 Å². The first-order valence-corrected chi connectivity index (χ1v) is 13.3. The summed E-state index contributed by atoms with van der Waals surface area (Å²) in [6.45, 7) is 6.06. The smallest absolute Gasteiger partial charge is 0.324 e. The molecule has 1 atom stereocenters. The number of amides is 1. The van der Waals surface area contributed by atoms with Gasteiger partial charge in [0.25, 0.3) is 0 Å². The molecule has 1 amide bonds. The van der Waals surface area contributed by atoms with Crippen molar-refractivity contribution in [3.05, 3.63) is 53.7 Å².